The summed E-state index contributed by atoms with van der Waals surface area (Å²) in [6.07, 6.45) is 2.27. The van der Waals surface area contributed by atoms with Crippen LogP contribution in [0.5, 0.6) is 5.75 Å². The molecular formula is C20H21N5O4. The number of aromatic nitrogens is 3. The molecule has 1 saturated heterocycles. The maximum Gasteiger partial charge on any atom is 0.248 e. The fourth-order valence-electron chi connectivity index (χ4n) is 3.27. The number of hydrogen-bond acceptors (Lipinski definition) is 6. The third-order valence-corrected chi connectivity index (χ3v) is 4.81. The molecule has 0 radical (unpaired) electrons. The number of methoxy groups -OCH3 is 1. The Morgan fingerprint density at radius 2 is 2.17 bits per heavy atom. The minimum Gasteiger partial charge on any atom is -0.497 e. The molecule has 1 atom stereocenters. The summed E-state index contributed by atoms with van der Waals surface area (Å²) in [5, 5.41) is 9.57. The van der Waals surface area contributed by atoms with Crippen LogP contribution in [0.3, 0.4) is 0 Å². The van der Waals surface area contributed by atoms with Gasteiger partial charge in [-0.15, -0.1) is 5.10 Å². The lowest BCUT2D eigenvalue weighted by Crippen LogP contribution is -2.28. The van der Waals surface area contributed by atoms with E-state index in [4.69, 9.17) is 9.15 Å². The van der Waals surface area contributed by atoms with Gasteiger partial charge < -0.3 is 14.1 Å². The van der Waals surface area contributed by atoms with E-state index in [-0.39, 0.29) is 24.2 Å². The number of nitrogens with zero attached hydrogens (tertiary/aromatic N) is 3. The fraction of sp³-hybridized carbons (Fsp3) is 0.300. The molecule has 0 bridgehead atoms. The first kappa shape index (κ1) is 18.7. The number of rotatable bonds is 7. The van der Waals surface area contributed by atoms with Crippen molar-refractivity contribution >= 4 is 17.8 Å². The quantitative estimate of drug-likeness (QED) is 0.632. The first-order valence-corrected chi connectivity index (χ1v) is 9.26. The largest absolute Gasteiger partial charge is 0.497 e. The summed E-state index contributed by atoms with van der Waals surface area (Å²) in [7, 11) is 1.62. The lowest BCUT2D eigenvalue weighted by Gasteiger charge is -2.14. The molecule has 1 aliphatic heterocycles. The first-order valence-electron chi connectivity index (χ1n) is 9.26. The van der Waals surface area contributed by atoms with Gasteiger partial charge >= 0.3 is 0 Å². The molecule has 2 N–H and O–H groups in total. The minimum atomic E-state index is -0.444. The van der Waals surface area contributed by atoms with Crippen molar-refractivity contribution < 1.29 is 18.7 Å². The maximum absolute atomic E-state index is 12.5. The topological polar surface area (TPSA) is 113 Å². The molecule has 9 nitrogen and oxygen atoms in total. The number of aromatic amines is 1. The number of hydrogen-bond donors (Lipinski definition) is 2. The van der Waals surface area contributed by atoms with E-state index in [0.29, 0.717) is 31.1 Å². The van der Waals surface area contributed by atoms with Crippen LogP contribution in [-0.4, -0.2) is 45.6 Å². The van der Waals surface area contributed by atoms with E-state index in [0.717, 1.165) is 11.3 Å². The Balaban J connectivity index is 1.32. The fourth-order valence-corrected chi connectivity index (χ4v) is 3.27. The van der Waals surface area contributed by atoms with Crippen molar-refractivity contribution in [2.24, 2.45) is 5.92 Å². The Morgan fingerprint density at radius 3 is 2.90 bits per heavy atom. The van der Waals surface area contributed by atoms with Gasteiger partial charge in [-0.3, -0.25) is 20.0 Å². The molecule has 0 aliphatic carbocycles. The Hall–Kier alpha value is -3.62. The Bertz CT molecular complexity index is 981. The van der Waals surface area contributed by atoms with Crippen LogP contribution in [0.25, 0.3) is 0 Å². The highest BCUT2D eigenvalue weighted by molar-refractivity contribution is 5.96. The number of ether oxygens (including phenoxy) is 1. The average Bonchev–Trinajstić information content (AvgIpc) is 3.46. The van der Waals surface area contributed by atoms with Crippen LogP contribution in [0.1, 0.15) is 23.6 Å². The number of amides is 2. The zero-order chi connectivity index (χ0) is 20.2. The van der Waals surface area contributed by atoms with Gasteiger partial charge in [-0.2, -0.15) is 4.98 Å². The number of anilines is 1. The highest BCUT2D eigenvalue weighted by Gasteiger charge is 2.35. The van der Waals surface area contributed by atoms with Crippen LogP contribution in [0, 0.1) is 5.92 Å². The number of nitrogens with one attached hydrogen (secondary N) is 2. The number of furan rings is 1. The second-order valence-corrected chi connectivity index (χ2v) is 6.87. The van der Waals surface area contributed by atoms with Crippen LogP contribution in [0.4, 0.5) is 5.95 Å². The lowest BCUT2D eigenvalue weighted by molar-refractivity contribution is -0.128. The molecule has 29 heavy (non-hydrogen) atoms. The van der Waals surface area contributed by atoms with Gasteiger partial charge in [0.2, 0.25) is 17.8 Å². The molecule has 4 rings (SSSR count). The summed E-state index contributed by atoms with van der Waals surface area (Å²) in [5.74, 6) is 1.53. The number of benzene rings is 1. The van der Waals surface area contributed by atoms with E-state index in [1.807, 2.05) is 24.3 Å². The zero-order valence-electron chi connectivity index (χ0n) is 15.9. The smallest absolute Gasteiger partial charge is 0.248 e. The lowest BCUT2D eigenvalue weighted by atomic mass is 10.1. The van der Waals surface area contributed by atoms with E-state index in [2.05, 4.69) is 20.5 Å². The zero-order valence-corrected chi connectivity index (χ0v) is 15.9. The number of carbonyl (C=O) groups is 2. The monoisotopic (exact) mass is 395 g/mol. The van der Waals surface area contributed by atoms with Gasteiger partial charge in [0, 0.05) is 19.4 Å². The summed E-state index contributed by atoms with van der Waals surface area (Å²) < 4.78 is 10.4. The molecule has 1 aliphatic rings. The SMILES string of the molecule is COc1ccc(Cc2nc(NC(=O)[C@@H]3CC(=O)N(Cc4ccco4)C3)n[nH]2)cc1. The molecule has 9 heteroatoms. The van der Waals surface area contributed by atoms with Crippen molar-refractivity contribution in [3.05, 3.63) is 59.8 Å². The van der Waals surface area contributed by atoms with Gasteiger partial charge in [0.15, 0.2) is 0 Å². The molecule has 0 unspecified atom stereocenters. The van der Waals surface area contributed by atoms with Crippen LogP contribution >= 0.6 is 0 Å². The Labute approximate surface area is 167 Å². The summed E-state index contributed by atoms with van der Waals surface area (Å²) in [6.45, 7) is 0.705. The van der Waals surface area contributed by atoms with Gasteiger partial charge in [-0.05, 0) is 29.8 Å². The Kier molecular flexibility index (Phi) is 5.28. The highest BCUT2D eigenvalue weighted by Crippen LogP contribution is 2.21. The second-order valence-electron chi connectivity index (χ2n) is 6.87. The minimum absolute atomic E-state index is 0.0725. The molecule has 2 amide bonds. The number of H-pyrrole nitrogens is 1. The van der Waals surface area contributed by atoms with Crippen LogP contribution < -0.4 is 10.1 Å². The van der Waals surface area contributed by atoms with E-state index in [1.165, 1.54) is 0 Å². The number of carbonyl (C=O) groups excluding carboxylic acids is 2. The van der Waals surface area contributed by atoms with Crippen molar-refractivity contribution in [3.63, 3.8) is 0 Å². The molecule has 3 aromatic rings. The van der Waals surface area contributed by atoms with Crippen molar-refractivity contribution in [2.45, 2.75) is 19.4 Å². The maximum atomic E-state index is 12.5. The Morgan fingerprint density at radius 1 is 1.34 bits per heavy atom. The van der Waals surface area contributed by atoms with Gasteiger partial charge in [0.05, 0.1) is 25.8 Å². The van der Waals surface area contributed by atoms with E-state index in [9.17, 15) is 9.59 Å². The number of likely N-dealkylation sites (tertiary alicyclic amines) is 1. The summed E-state index contributed by atoms with van der Waals surface area (Å²) in [5.41, 5.74) is 1.04. The summed E-state index contributed by atoms with van der Waals surface area (Å²) in [4.78, 5) is 30.6. The van der Waals surface area contributed by atoms with Gasteiger partial charge in [0.1, 0.15) is 17.3 Å². The average molecular weight is 395 g/mol. The van der Waals surface area contributed by atoms with E-state index >= 15 is 0 Å². The van der Waals surface area contributed by atoms with Crippen molar-refractivity contribution in [2.75, 3.05) is 19.0 Å². The van der Waals surface area contributed by atoms with E-state index in [1.54, 1.807) is 30.4 Å². The molecule has 0 saturated carbocycles. The molecule has 1 fully saturated rings. The molecule has 2 aromatic heterocycles. The summed E-state index contributed by atoms with van der Waals surface area (Å²) >= 11 is 0. The first-order chi connectivity index (χ1) is 14.1. The predicted octanol–water partition coefficient (Wildman–Crippen LogP) is 1.98. The van der Waals surface area contributed by atoms with Crippen LogP contribution in [0.2, 0.25) is 0 Å². The van der Waals surface area contributed by atoms with Crippen molar-refractivity contribution in [3.8, 4) is 5.75 Å². The second kappa shape index (κ2) is 8.17. The molecule has 3 heterocycles. The van der Waals surface area contributed by atoms with E-state index < -0.39 is 5.92 Å². The molecular weight excluding hydrogens is 374 g/mol. The third-order valence-electron chi connectivity index (χ3n) is 4.81. The predicted molar refractivity (Wildman–Crippen MR) is 103 cm³/mol. The van der Waals surface area contributed by atoms with Crippen LogP contribution in [-0.2, 0) is 22.6 Å². The van der Waals surface area contributed by atoms with Crippen molar-refractivity contribution in [1.29, 1.82) is 0 Å². The van der Waals surface area contributed by atoms with Gasteiger partial charge in [0.25, 0.3) is 0 Å². The van der Waals surface area contributed by atoms with Crippen molar-refractivity contribution in [1.82, 2.24) is 20.1 Å². The molecule has 0 spiro atoms. The summed E-state index contributed by atoms with van der Waals surface area (Å²) in [6, 6.07) is 11.2. The molecule has 1 aromatic carbocycles. The standard InChI is InChI=1S/C20H21N5O4/c1-28-15-6-4-13(5-7-15)9-17-21-20(24-23-17)22-19(27)14-10-18(26)25(11-14)12-16-3-2-8-29-16/h2-8,14H,9-12H2,1H3,(H2,21,22,23,24,27)/t14-/m1/s1. The molecule has 150 valence electrons. The third kappa shape index (κ3) is 4.45. The highest BCUT2D eigenvalue weighted by atomic mass is 16.5. The van der Waals surface area contributed by atoms with Gasteiger partial charge in [-0.1, -0.05) is 12.1 Å². The normalized spacial score (nSPS) is 16.2. The van der Waals surface area contributed by atoms with Crippen LogP contribution in [0.15, 0.2) is 47.1 Å². The van der Waals surface area contributed by atoms with Gasteiger partial charge in [-0.25, -0.2) is 0 Å².